The number of rotatable bonds is 12. The Kier molecular flexibility index (Phi) is 9.80. The van der Waals surface area contributed by atoms with Crippen molar-refractivity contribution >= 4 is 21.9 Å². The number of benzene rings is 2. The van der Waals surface area contributed by atoms with Crippen LogP contribution in [0, 0.1) is 5.92 Å². The molecule has 0 radical (unpaired) electrons. The van der Waals surface area contributed by atoms with E-state index in [0.29, 0.717) is 10.8 Å². The third kappa shape index (κ3) is 7.36. The number of hydrogen-bond acceptors (Lipinski definition) is 9. The molecule has 0 N–H and O–H groups in total. The topological polar surface area (TPSA) is 112 Å². The molecule has 2 amide bonds. The van der Waals surface area contributed by atoms with Gasteiger partial charge in [0.2, 0.25) is 0 Å². The molecule has 3 rings (SSSR count). The van der Waals surface area contributed by atoms with Crippen LogP contribution in [0.5, 0.6) is 5.75 Å². The smallest absolute Gasteiger partial charge is 0.273 e. The van der Waals surface area contributed by atoms with Gasteiger partial charge in [-0.25, -0.2) is 4.84 Å². The molecule has 37 heavy (non-hydrogen) atoms. The molecule has 1 heterocycles. The fourth-order valence-electron chi connectivity index (χ4n) is 4.33. The maximum Gasteiger partial charge on any atom is 0.273 e. The number of carbonyl (C=O) groups excluding carboxylic acids is 2. The number of carbonyl (C=O) groups is 2. The summed E-state index contributed by atoms with van der Waals surface area (Å²) >= 11 is 0. The van der Waals surface area contributed by atoms with Gasteiger partial charge >= 0.3 is 0 Å². The van der Waals surface area contributed by atoms with Crippen molar-refractivity contribution < 1.29 is 36.5 Å². The van der Waals surface area contributed by atoms with Crippen molar-refractivity contribution in [3.8, 4) is 5.75 Å². The molecule has 1 aliphatic rings. The molecule has 0 spiro atoms. The van der Waals surface area contributed by atoms with Crippen molar-refractivity contribution in [2.24, 2.45) is 5.92 Å². The molecule has 0 aromatic heterocycles. The Morgan fingerprint density at radius 3 is 2.11 bits per heavy atom. The summed E-state index contributed by atoms with van der Waals surface area (Å²) in [5.74, 6) is -1.02. The summed E-state index contributed by atoms with van der Waals surface area (Å²) in [5.41, 5.74) is 1.67. The van der Waals surface area contributed by atoms with Crippen LogP contribution < -0.4 is 4.74 Å². The summed E-state index contributed by atoms with van der Waals surface area (Å²) in [6.07, 6.45) is 0.117. The van der Waals surface area contributed by atoms with Crippen molar-refractivity contribution in [3.05, 3.63) is 65.7 Å². The number of ether oxygens (including phenoxy) is 2. The molecular formula is C26H34N2O8S. The second-order valence-electron chi connectivity index (χ2n) is 9.19. The first kappa shape index (κ1) is 28.7. The summed E-state index contributed by atoms with van der Waals surface area (Å²) in [6, 6.07) is 14.6. The summed E-state index contributed by atoms with van der Waals surface area (Å²) in [4.78, 5) is 34.6. The van der Waals surface area contributed by atoms with E-state index in [1.807, 2.05) is 42.5 Å². The Balaban J connectivity index is 2.13. The SMILES string of the molecule is COCON1C(=O)C(Cc2ccccc2)N(Cc2ccc(OC)cc2)C(C(OS(C)(=O)=O)C(C)C)C1=O. The second kappa shape index (κ2) is 12.6. The minimum atomic E-state index is -3.94. The third-order valence-corrected chi connectivity index (χ3v) is 6.62. The van der Waals surface area contributed by atoms with Crippen LogP contribution in [0.4, 0.5) is 0 Å². The fraction of sp³-hybridized carbons (Fsp3) is 0.462. The Bertz CT molecular complexity index is 1150. The number of methoxy groups -OCH3 is 2. The minimum Gasteiger partial charge on any atom is -0.497 e. The van der Waals surface area contributed by atoms with E-state index in [0.717, 1.165) is 17.4 Å². The summed E-state index contributed by atoms with van der Waals surface area (Å²) in [7, 11) is -1.000. The van der Waals surface area contributed by atoms with Gasteiger partial charge in [0.25, 0.3) is 21.9 Å². The van der Waals surface area contributed by atoms with Crippen LogP contribution in [0.1, 0.15) is 25.0 Å². The van der Waals surface area contributed by atoms with Crippen LogP contribution in [-0.2, 0) is 46.4 Å². The monoisotopic (exact) mass is 534 g/mol. The van der Waals surface area contributed by atoms with Crippen LogP contribution >= 0.6 is 0 Å². The number of hydroxylamine groups is 2. The highest BCUT2D eigenvalue weighted by Gasteiger charge is 2.52. The molecule has 3 unspecified atom stereocenters. The van der Waals surface area contributed by atoms with Crippen molar-refractivity contribution in [3.63, 3.8) is 0 Å². The van der Waals surface area contributed by atoms with Gasteiger partial charge in [-0.2, -0.15) is 8.42 Å². The average Bonchev–Trinajstić information content (AvgIpc) is 2.86. The van der Waals surface area contributed by atoms with E-state index in [2.05, 4.69) is 0 Å². The van der Waals surface area contributed by atoms with E-state index in [1.54, 1.807) is 38.0 Å². The van der Waals surface area contributed by atoms with Gasteiger partial charge in [0, 0.05) is 13.7 Å². The van der Waals surface area contributed by atoms with E-state index in [1.165, 1.54) is 7.11 Å². The molecule has 0 bridgehead atoms. The summed E-state index contributed by atoms with van der Waals surface area (Å²) in [6.45, 7) is 3.37. The highest BCUT2D eigenvalue weighted by molar-refractivity contribution is 7.86. The number of hydrogen-bond donors (Lipinski definition) is 0. The van der Waals surface area contributed by atoms with E-state index in [-0.39, 0.29) is 19.8 Å². The molecule has 1 aliphatic heterocycles. The Morgan fingerprint density at radius 2 is 1.57 bits per heavy atom. The van der Waals surface area contributed by atoms with Crippen LogP contribution in [0.2, 0.25) is 0 Å². The number of nitrogens with zero attached hydrogens (tertiary/aromatic N) is 2. The van der Waals surface area contributed by atoms with Gasteiger partial charge in [-0.1, -0.05) is 56.3 Å². The van der Waals surface area contributed by atoms with Gasteiger partial charge in [0.1, 0.15) is 17.9 Å². The lowest BCUT2D eigenvalue weighted by molar-refractivity contribution is -0.237. The lowest BCUT2D eigenvalue weighted by atomic mass is 9.91. The molecule has 3 atom stereocenters. The molecule has 11 heteroatoms. The fourth-order valence-corrected chi connectivity index (χ4v) is 5.06. The predicted octanol–water partition coefficient (Wildman–Crippen LogP) is 2.38. The van der Waals surface area contributed by atoms with E-state index in [4.69, 9.17) is 18.5 Å². The van der Waals surface area contributed by atoms with Crippen LogP contribution in [0.25, 0.3) is 0 Å². The molecule has 2 aromatic carbocycles. The Hall–Kier alpha value is -2.83. The molecular weight excluding hydrogens is 500 g/mol. The van der Waals surface area contributed by atoms with Crippen molar-refractivity contribution in [1.82, 2.24) is 9.96 Å². The predicted molar refractivity (Wildman–Crippen MR) is 136 cm³/mol. The van der Waals surface area contributed by atoms with Gasteiger partial charge in [0.15, 0.2) is 6.79 Å². The summed E-state index contributed by atoms with van der Waals surface area (Å²) in [5, 5.41) is 0.688. The highest BCUT2D eigenvalue weighted by Crippen LogP contribution is 2.31. The largest absolute Gasteiger partial charge is 0.497 e. The standard InChI is InChI=1S/C26H34N2O8S/c1-18(2)24(36-37(5,31)32)23-26(30)28(35-17-33-3)25(29)22(15-19-9-7-6-8-10-19)27(23)16-20-11-13-21(34-4)14-12-20/h6-14,18,22-24H,15-17H2,1-5H3. The molecule has 1 fully saturated rings. The molecule has 10 nitrogen and oxygen atoms in total. The summed E-state index contributed by atoms with van der Waals surface area (Å²) < 4.78 is 40.1. The van der Waals surface area contributed by atoms with Crippen LogP contribution in [-0.4, -0.2) is 75.7 Å². The first-order valence-electron chi connectivity index (χ1n) is 11.9. The van der Waals surface area contributed by atoms with E-state index < -0.39 is 46.0 Å². The first-order chi connectivity index (χ1) is 17.6. The highest BCUT2D eigenvalue weighted by atomic mass is 32.2. The van der Waals surface area contributed by atoms with Crippen molar-refractivity contribution in [2.45, 2.75) is 45.0 Å². The second-order valence-corrected chi connectivity index (χ2v) is 10.8. The molecule has 202 valence electrons. The number of piperazine rings is 1. The lowest BCUT2D eigenvalue weighted by Gasteiger charge is -2.46. The average molecular weight is 535 g/mol. The molecule has 1 saturated heterocycles. The van der Waals surface area contributed by atoms with Crippen LogP contribution in [0.3, 0.4) is 0 Å². The van der Waals surface area contributed by atoms with Gasteiger partial charge in [-0.15, -0.1) is 5.06 Å². The number of imide groups is 1. The van der Waals surface area contributed by atoms with E-state index in [9.17, 15) is 18.0 Å². The zero-order chi connectivity index (χ0) is 27.2. The Morgan fingerprint density at radius 1 is 0.919 bits per heavy atom. The normalized spacial score (nSPS) is 19.9. The quantitative estimate of drug-likeness (QED) is 0.230. The molecule has 2 aromatic rings. The zero-order valence-corrected chi connectivity index (χ0v) is 22.5. The van der Waals surface area contributed by atoms with Gasteiger partial charge in [-0.05, 0) is 35.6 Å². The lowest BCUT2D eigenvalue weighted by Crippen LogP contribution is -2.68. The van der Waals surface area contributed by atoms with Gasteiger partial charge < -0.3 is 9.47 Å². The van der Waals surface area contributed by atoms with Gasteiger partial charge in [0.05, 0.1) is 19.4 Å². The maximum absolute atomic E-state index is 13.8. The van der Waals surface area contributed by atoms with E-state index >= 15 is 0 Å². The van der Waals surface area contributed by atoms with Gasteiger partial charge in [-0.3, -0.25) is 18.7 Å². The van der Waals surface area contributed by atoms with Crippen molar-refractivity contribution in [2.75, 3.05) is 27.3 Å². The zero-order valence-electron chi connectivity index (χ0n) is 21.7. The minimum absolute atomic E-state index is 0.179. The molecule has 0 aliphatic carbocycles. The van der Waals surface area contributed by atoms with Crippen LogP contribution in [0.15, 0.2) is 54.6 Å². The first-order valence-corrected chi connectivity index (χ1v) is 13.7. The Labute approximate surface area is 218 Å². The molecule has 0 saturated carbocycles. The third-order valence-electron chi connectivity index (χ3n) is 6.05. The number of amides is 2. The maximum atomic E-state index is 13.8. The van der Waals surface area contributed by atoms with Crippen molar-refractivity contribution in [1.29, 1.82) is 0 Å².